The van der Waals surface area contributed by atoms with E-state index in [9.17, 15) is 4.79 Å². The van der Waals surface area contributed by atoms with Crippen molar-refractivity contribution in [2.24, 2.45) is 0 Å². The van der Waals surface area contributed by atoms with Crippen LogP contribution in [-0.2, 0) is 0 Å². The summed E-state index contributed by atoms with van der Waals surface area (Å²) in [6.07, 6.45) is 6.40. The van der Waals surface area contributed by atoms with Crippen molar-refractivity contribution in [1.29, 1.82) is 0 Å². The number of carbonyl (C=O) groups is 1. The Hall–Kier alpha value is -2.90. The quantitative estimate of drug-likeness (QED) is 0.789. The first-order valence-corrected chi connectivity index (χ1v) is 7.87. The lowest BCUT2D eigenvalue weighted by Gasteiger charge is -2.32. The number of hydrogen-bond donors (Lipinski definition) is 1. The Morgan fingerprint density at radius 2 is 2.38 bits per heavy atom. The van der Waals surface area contributed by atoms with Crippen LogP contribution in [-0.4, -0.2) is 50.1 Å². The molecule has 0 saturated carbocycles. The molecule has 4 heterocycles. The topological polar surface area (TPSA) is 97.1 Å². The van der Waals surface area contributed by atoms with E-state index in [0.29, 0.717) is 30.3 Å². The molecule has 1 aliphatic heterocycles. The number of aryl methyl sites for hydroxylation is 1. The number of nitrogens with zero attached hydrogens (tertiary/aromatic N) is 4. The van der Waals surface area contributed by atoms with Crippen molar-refractivity contribution in [2.45, 2.75) is 25.9 Å². The summed E-state index contributed by atoms with van der Waals surface area (Å²) in [5.74, 6) is 1.01. The van der Waals surface area contributed by atoms with Crippen LogP contribution in [0.5, 0.6) is 5.88 Å². The fourth-order valence-corrected chi connectivity index (χ4v) is 2.99. The summed E-state index contributed by atoms with van der Waals surface area (Å²) in [4.78, 5) is 25.8. The van der Waals surface area contributed by atoms with Gasteiger partial charge in [-0.05, 0) is 25.8 Å². The lowest BCUT2D eigenvalue weighted by atomic mass is 10.1. The number of rotatable bonds is 3. The second-order valence-corrected chi connectivity index (χ2v) is 5.85. The van der Waals surface area contributed by atoms with Gasteiger partial charge < -0.3 is 19.1 Å². The number of H-pyrrole nitrogens is 1. The number of hydrogen-bond acceptors (Lipinski definition) is 6. The maximum absolute atomic E-state index is 12.6. The van der Waals surface area contributed by atoms with Crippen molar-refractivity contribution in [3.8, 4) is 5.88 Å². The lowest BCUT2D eigenvalue weighted by molar-refractivity contribution is 0.0530. The molecule has 124 valence electrons. The van der Waals surface area contributed by atoms with E-state index in [1.165, 1.54) is 12.5 Å². The summed E-state index contributed by atoms with van der Waals surface area (Å²) >= 11 is 0. The van der Waals surface area contributed by atoms with Gasteiger partial charge in [-0.25, -0.2) is 9.97 Å². The van der Waals surface area contributed by atoms with Crippen LogP contribution in [0.25, 0.3) is 11.0 Å². The van der Waals surface area contributed by atoms with E-state index in [4.69, 9.17) is 9.26 Å². The summed E-state index contributed by atoms with van der Waals surface area (Å²) in [5, 5.41) is 4.52. The Kier molecular flexibility index (Phi) is 3.64. The van der Waals surface area contributed by atoms with Crippen molar-refractivity contribution in [2.75, 3.05) is 13.1 Å². The van der Waals surface area contributed by atoms with Crippen LogP contribution in [0.2, 0.25) is 0 Å². The SMILES string of the molecule is Cc1oncc1C(=O)N1CCCC(Oc2ncnc3[nH]ccc23)C1. The molecule has 1 atom stereocenters. The second-order valence-electron chi connectivity index (χ2n) is 5.85. The Morgan fingerprint density at radius 1 is 1.46 bits per heavy atom. The predicted octanol–water partition coefficient (Wildman–Crippen LogP) is 1.94. The molecule has 1 aliphatic rings. The van der Waals surface area contributed by atoms with E-state index in [1.54, 1.807) is 18.0 Å². The van der Waals surface area contributed by atoms with Gasteiger partial charge in [0, 0.05) is 12.7 Å². The number of amides is 1. The van der Waals surface area contributed by atoms with Crippen molar-refractivity contribution < 1.29 is 14.1 Å². The molecule has 0 aromatic carbocycles. The van der Waals surface area contributed by atoms with E-state index < -0.39 is 0 Å². The van der Waals surface area contributed by atoms with Gasteiger partial charge in [0.05, 0.1) is 18.1 Å². The molecule has 3 aromatic rings. The Bertz CT molecular complexity index is 871. The Balaban J connectivity index is 1.50. The number of aromatic nitrogens is 4. The molecule has 1 fully saturated rings. The molecule has 1 saturated heterocycles. The average molecular weight is 327 g/mol. The van der Waals surface area contributed by atoms with E-state index in [2.05, 4.69) is 20.1 Å². The zero-order valence-corrected chi connectivity index (χ0v) is 13.2. The van der Waals surface area contributed by atoms with Gasteiger partial charge >= 0.3 is 0 Å². The van der Waals surface area contributed by atoms with Crippen LogP contribution in [0.15, 0.2) is 29.3 Å². The number of likely N-dealkylation sites (tertiary alicyclic amines) is 1. The summed E-state index contributed by atoms with van der Waals surface area (Å²) < 4.78 is 11.0. The number of piperidine rings is 1. The van der Waals surface area contributed by atoms with E-state index in [0.717, 1.165) is 23.9 Å². The van der Waals surface area contributed by atoms with Crippen LogP contribution >= 0.6 is 0 Å². The lowest BCUT2D eigenvalue weighted by Crippen LogP contribution is -2.44. The minimum absolute atomic E-state index is 0.0727. The molecule has 0 aliphatic carbocycles. The molecule has 4 rings (SSSR count). The monoisotopic (exact) mass is 327 g/mol. The number of aromatic amines is 1. The second kappa shape index (κ2) is 5.95. The van der Waals surface area contributed by atoms with Crippen molar-refractivity contribution in [3.05, 3.63) is 36.1 Å². The van der Waals surface area contributed by atoms with Crippen molar-refractivity contribution in [1.82, 2.24) is 25.0 Å². The van der Waals surface area contributed by atoms with Gasteiger partial charge in [-0.3, -0.25) is 4.79 Å². The summed E-state index contributed by atoms with van der Waals surface area (Å²) in [5.41, 5.74) is 1.24. The largest absolute Gasteiger partial charge is 0.472 e. The van der Waals surface area contributed by atoms with Crippen molar-refractivity contribution in [3.63, 3.8) is 0 Å². The number of nitrogens with one attached hydrogen (secondary N) is 1. The fraction of sp³-hybridized carbons (Fsp3) is 0.375. The highest BCUT2D eigenvalue weighted by Crippen LogP contribution is 2.24. The predicted molar refractivity (Wildman–Crippen MR) is 84.7 cm³/mol. The van der Waals surface area contributed by atoms with E-state index >= 15 is 0 Å². The van der Waals surface area contributed by atoms with Crippen LogP contribution in [0.1, 0.15) is 29.0 Å². The van der Waals surface area contributed by atoms with Crippen LogP contribution in [0.4, 0.5) is 0 Å². The standard InChI is InChI=1S/C16H17N5O3/c1-10-13(7-20-24-10)16(22)21-6-2-3-11(8-21)23-15-12-4-5-17-14(12)18-9-19-15/h4-5,7,9,11H,2-3,6,8H2,1H3,(H,17,18,19). The maximum atomic E-state index is 12.6. The third kappa shape index (κ3) is 2.60. The molecule has 8 nitrogen and oxygen atoms in total. The molecule has 1 N–H and O–H groups in total. The van der Waals surface area contributed by atoms with Crippen molar-refractivity contribution >= 4 is 16.9 Å². The van der Waals surface area contributed by atoms with E-state index in [1.807, 2.05) is 6.07 Å². The average Bonchev–Trinajstić information content (AvgIpc) is 3.24. The third-order valence-electron chi connectivity index (χ3n) is 4.24. The van der Waals surface area contributed by atoms with Crippen LogP contribution in [0.3, 0.4) is 0 Å². The molecular formula is C16H17N5O3. The van der Waals surface area contributed by atoms with Gasteiger partial charge in [0.2, 0.25) is 5.88 Å². The van der Waals surface area contributed by atoms with Gasteiger partial charge in [0.25, 0.3) is 5.91 Å². The zero-order valence-electron chi connectivity index (χ0n) is 13.2. The number of fused-ring (bicyclic) bond motifs is 1. The Morgan fingerprint density at radius 3 is 3.21 bits per heavy atom. The smallest absolute Gasteiger partial charge is 0.259 e. The molecule has 1 unspecified atom stereocenters. The molecule has 8 heteroatoms. The van der Waals surface area contributed by atoms with Gasteiger partial charge in [0.15, 0.2) is 0 Å². The maximum Gasteiger partial charge on any atom is 0.259 e. The molecule has 0 spiro atoms. The first-order chi connectivity index (χ1) is 11.7. The first kappa shape index (κ1) is 14.7. The molecule has 3 aromatic heterocycles. The summed E-state index contributed by atoms with van der Waals surface area (Å²) in [7, 11) is 0. The summed E-state index contributed by atoms with van der Waals surface area (Å²) in [6.45, 7) is 2.95. The molecule has 1 amide bonds. The third-order valence-corrected chi connectivity index (χ3v) is 4.24. The number of carbonyl (C=O) groups excluding carboxylic acids is 1. The summed E-state index contributed by atoms with van der Waals surface area (Å²) in [6, 6.07) is 1.89. The zero-order chi connectivity index (χ0) is 16.5. The molecule has 0 radical (unpaired) electrons. The normalized spacial score (nSPS) is 18.0. The first-order valence-electron chi connectivity index (χ1n) is 7.87. The van der Waals surface area contributed by atoms with Gasteiger partial charge in [-0.2, -0.15) is 0 Å². The highest BCUT2D eigenvalue weighted by atomic mass is 16.5. The van der Waals surface area contributed by atoms with Gasteiger partial charge in [0.1, 0.15) is 29.4 Å². The molecular weight excluding hydrogens is 310 g/mol. The minimum atomic E-state index is -0.101. The van der Waals surface area contributed by atoms with E-state index in [-0.39, 0.29) is 12.0 Å². The van der Waals surface area contributed by atoms with Gasteiger partial charge in [-0.15, -0.1) is 0 Å². The van der Waals surface area contributed by atoms with Gasteiger partial charge in [-0.1, -0.05) is 5.16 Å². The minimum Gasteiger partial charge on any atom is -0.472 e. The Labute approximate surface area is 137 Å². The van der Waals surface area contributed by atoms with Crippen LogP contribution < -0.4 is 4.74 Å². The van der Waals surface area contributed by atoms with Crippen LogP contribution in [0, 0.1) is 6.92 Å². The molecule has 0 bridgehead atoms. The highest BCUT2D eigenvalue weighted by molar-refractivity contribution is 5.94. The molecule has 24 heavy (non-hydrogen) atoms. The number of ether oxygens (including phenoxy) is 1. The fourth-order valence-electron chi connectivity index (χ4n) is 2.99. The highest BCUT2D eigenvalue weighted by Gasteiger charge is 2.28.